The predicted octanol–water partition coefficient (Wildman–Crippen LogP) is 12.4. The molecular formula is C45H27N3S. The lowest BCUT2D eigenvalue weighted by molar-refractivity contribution is 1.08. The summed E-state index contributed by atoms with van der Waals surface area (Å²) in [6.07, 6.45) is 0. The second-order valence-corrected chi connectivity index (χ2v) is 13.5. The Morgan fingerprint density at radius 3 is 1.82 bits per heavy atom. The first kappa shape index (κ1) is 27.8. The van der Waals surface area contributed by atoms with E-state index in [4.69, 9.17) is 15.0 Å². The zero-order chi connectivity index (χ0) is 32.3. The summed E-state index contributed by atoms with van der Waals surface area (Å²) in [7, 11) is 0. The van der Waals surface area contributed by atoms with Crippen molar-refractivity contribution in [3.05, 3.63) is 164 Å². The van der Waals surface area contributed by atoms with Crippen LogP contribution in [0, 0.1) is 0 Å². The van der Waals surface area contributed by atoms with Gasteiger partial charge >= 0.3 is 0 Å². The van der Waals surface area contributed by atoms with Crippen molar-refractivity contribution in [1.29, 1.82) is 0 Å². The lowest BCUT2D eigenvalue weighted by Gasteiger charge is -2.11. The Balaban J connectivity index is 1.20. The maximum Gasteiger partial charge on any atom is 0.164 e. The number of thiophene rings is 1. The van der Waals surface area contributed by atoms with Crippen LogP contribution < -0.4 is 0 Å². The van der Waals surface area contributed by atoms with Gasteiger partial charge in [-0.25, -0.2) is 15.0 Å². The molecule has 0 spiro atoms. The van der Waals surface area contributed by atoms with Crippen molar-refractivity contribution in [2.75, 3.05) is 0 Å². The van der Waals surface area contributed by atoms with Crippen LogP contribution in [0.4, 0.5) is 0 Å². The fourth-order valence-corrected chi connectivity index (χ4v) is 8.39. The summed E-state index contributed by atoms with van der Waals surface area (Å²) in [6.45, 7) is 0. The van der Waals surface area contributed by atoms with Gasteiger partial charge in [0.2, 0.25) is 0 Å². The first-order valence-corrected chi connectivity index (χ1v) is 17.3. The Labute approximate surface area is 286 Å². The standard InChI is InChI=1S/C45H27N3S/c1-3-10-28(11-4-1)33-22-18-29-19-23-34(27-35(29)26-33)44-46-43(32-13-5-2-6-14-32)47-45(48-44)38-16-9-17-39-41(38)37-25-24-31-21-20-30-12-7-8-15-36(30)40(31)42(37)49-39/h1-27H. The van der Waals surface area contributed by atoms with Crippen LogP contribution in [-0.2, 0) is 0 Å². The Bertz CT molecular complexity index is 2880. The molecule has 2 heterocycles. The van der Waals surface area contributed by atoms with E-state index in [1.807, 2.05) is 29.5 Å². The van der Waals surface area contributed by atoms with Crippen LogP contribution in [-0.4, -0.2) is 15.0 Å². The minimum atomic E-state index is 0.656. The van der Waals surface area contributed by atoms with Gasteiger partial charge in [-0.1, -0.05) is 146 Å². The first-order chi connectivity index (χ1) is 24.3. The molecule has 0 N–H and O–H groups in total. The molecule has 0 aliphatic rings. The van der Waals surface area contributed by atoms with Crippen LogP contribution in [0.3, 0.4) is 0 Å². The van der Waals surface area contributed by atoms with E-state index in [2.05, 4.69) is 146 Å². The highest BCUT2D eigenvalue weighted by molar-refractivity contribution is 7.27. The van der Waals surface area contributed by atoms with Gasteiger partial charge in [-0.15, -0.1) is 11.3 Å². The van der Waals surface area contributed by atoms with Crippen LogP contribution >= 0.6 is 11.3 Å². The van der Waals surface area contributed by atoms with E-state index >= 15 is 0 Å². The largest absolute Gasteiger partial charge is 0.208 e. The average molecular weight is 642 g/mol. The maximum atomic E-state index is 5.22. The van der Waals surface area contributed by atoms with Crippen molar-refractivity contribution >= 4 is 63.8 Å². The van der Waals surface area contributed by atoms with E-state index in [0.717, 1.165) is 22.1 Å². The van der Waals surface area contributed by atoms with E-state index in [-0.39, 0.29) is 0 Å². The topological polar surface area (TPSA) is 38.7 Å². The molecule has 0 saturated carbocycles. The van der Waals surface area contributed by atoms with Crippen molar-refractivity contribution in [3.63, 3.8) is 0 Å². The van der Waals surface area contributed by atoms with Gasteiger partial charge in [0.25, 0.3) is 0 Å². The van der Waals surface area contributed by atoms with E-state index in [9.17, 15) is 0 Å². The van der Waals surface area contributed by atoms with E-state index < -0.39 is 0 Å². The van der Waals surface area contributed by atoms with Crippen LogP contribution in [0.2, 0.25) is 0 Å². The number of nitrogens with zero attached hydrogens (tertiary/aromatic N) is 3. The molecule has 0 fully saturated rings. The normalized spacial score (nSPS) is 11.7. The highest BCUT2D eigenvalue weighted by atomic mass is 32.1. The summed E-state index contributed by atoms with van der Waals surface area (Å²) < 4.78 is 2.51. The molecule has 0 unspecified atom stereocenters. The second-order valence-electron chi connectivity index (χ2n) is 12.4. The third-order valence-corrected chi connectivity index (χ3v) is 10.7. The average Bonchev–Trinajstić information content (AvgIpc) is 3.57. The van der Waals surface area contributed by atoms with Crippen molar-refractivity contribution in [1.82, 2.24) is 15.0 Å². The Morgan fingerprint density at radius 1 is 0.347 bits per heavy atom. The van der Waals surface area contributed by atoms with Crippen molar-refractivity contribution in [2.24, 2.45) is 0 Å². The molecule has 8 aromatic carbocycles. The maximum absolute atomic E-state index is 5.22. The molecule has 10 rings (SSSR count). The molecule has 0 atom stereocenters. The molecular weight excluding hydrogens is 615 g/mol. The minimum Gasteiger partial charge on any atom is -0.208 e. The molecule has 0 aliphatic heterocycles. The fourth-order valence-electron chi connectivity index (χ4n) is 7.10. The zero-order valence-electron chi connectivity index (χ0n) is 26.3. The lowest BCUT2D eigenvalue weighted by Crippen LogP contribution is -2.00. The number of hydrogen-bond acceptors (Lipinski definition) is 4. The van der Waals surface area contributed by atoms with Gasteiger partial charge in [-0.05, 0) is 56.3 Å². The van der Waals surface area contributed by atoms with Crippen LogP contribution in [0.5, 0.6) is 0 Å². The van der Waals surface area contributed by atoms with Gasteiger partial charge in [0.15, 0.2) is 17.5 Å². The number of hydrogen-bond donors (Lipinski definition) is 0. The van der Waals surface area contributed by atoms with E-state index in [1.165, 1.54) is 58.2 Å². The number of benzene rings is 8. The first-order valence-electron chi connectivity index (χ1n) is 16.4. The summed E-state index contributed by atoms with van der Waals surface area (Å²) in [5, 5.41) is 9.80. The summed E-state index contributed by atoms with van der Waals surface area (Å²) in [5.74, 6) is 1.99. The second kappa shape index (κ2) is 11.2. The lowest BCUT2D eigenvalue weighted by atomic mass is 9.98. The van der Waals surface area contributed by atoms with Gasteiger partial charge < -0.3 is 0 Å². The van der Waals surface area contributed by atoms with Crippen molar-refractivity contribution in [2.45, 2.75) is 0 Å². The molecule has 49 heavy (non-hydrogen) atoms. The van der Waals surface area contributed by atoms with Gasteiger partial charge in [0, 0.05) is 42.2 Å². The summed E-state index contributed by atoms with van der Waals surface area (Å²) >= 11 is 1.85. The number of rotatable bonds is 4. The van der Waals surface area contributed by atoms with Gasteiger partial charge in [-0.2, -0.15) is 0 Å². The quantitative estimate of drug-likeness (QED) is 0.180. The highest BCUT2D eigenvalue weighted by Gasteiger charge is 2.19. The third kappa shape index (κ3) is 4.68. The zero-order valence-corrected chi connectivity index (χ0v) is 27.2. The van der Waals surface area contributed by atoms with Crippen LogP contribution in [0.1, 0.15) is 0 Å². The van der Waals surface area contributed by atoms with Crippen molar-refractivity contribution < 1.29 is 0 Å². The predicted molar refractivity (Wildman–Crippen MR) is 207 cm³/mol. The Hall–Kier alpha value is -6.23. The Kier molecular flexibility index (Phi) is 6.36. The molecule has 0 bridgehead atoms. The number of aromatic nitrogens is 3. The summed E-state index contributed by atoms with van der Waals surface area (Å²) in [4.78, 5) is 15.4. The van der Waals surface area contributed by atoms with Gasteiger partial charge in [0.05, 0.1) is 0 Å². The van der Waals surface area contributed by atoms with Gasteiger partial charge in [-0.3, -0.25) is 0 Å². The Morgan fingerprint density at radius 2 is 0.980 bits per heavy atom. The molecule has 3 nitrogen and oxygen atoms in total. The third-order valence-electron chi connectivity index (χ3n) is 9.48. The summed E-state index contributed by atoms with van der Waals surface area (Å²) in [6, 6.07) is 57.9. The number of fused-ring (bicyclic) bond motifs is 8. The minimum absolute atomic E-state index is 0.656. The summed E-state index contributed by atoms with van der Waals surface area (Å²) in [5.41, 5.74) is 5.30. The molecule has 2 aromatic heterocycles. The molecule has 4 heteroatoms. The molecule has 228 valence electrons. The van der Waals surface area contributed by atoms with Gasteiger partial charge in [0.1, 0.15) is 0 Å². The monoisotopic (exact) mass is 641 g/mol. The van der Waals surface area contributed by atoms with Crippen LogP contribution in [0.15, 0.2) is 164 Å². The molecule has 0 aliphatic carbocycles. The van der Waals surface area contributed by atoms with Crippen LogP contribution in [0.25, 0.3) is 97.8 Å². The molecule has 0 amide bonds. The smallest absolute Gasteiger partial charge is 0.164 e. The molecule has 0 saturated heterocycles. The molecule has 0 radical (unpaired) electrons. The SMILES string of the molecule is c1ccc(-c2ccc3ccc(-c4nc(-c5ccccc5)nc(-c5cccc6sc7c(ccc8ccc9ccccc9c87)c56)n4)cc3c2)cc1. The molecule has 10 aromatic rings. The van der Waals surface area contributed by atoms with Crippen molar-refractivity contribution in [3.8, 4) is 45.3 Å². The highest BCUT2D eigenvalue weighted by Crippen LogP contribution is 2.44. The van der Waals surface area contributed by atoms with E-state index in [1.54, 1.807) is 0 Å². The fraction of sp³-hybridized carbons (Fsp3) is 0. The van der Waals surface area contributed by atoms with E-state index in [0.29, 0.717) is 17.5 Å².